The van der Waals surface area contributed by atoms with Gasteiger partial charge in [-0.2, -0.15) is 5.10 Å². The number of rotatable bonds is 7. The third-order valence-corrected chi connectivity index (χ3v) is 8.75. The molecule has 0 saturated carbocycles. The molecule has 11 heteroatoms. The number of piperazine rings is 1. The third-order valence-electron chi connectivity index (χ3n) is 8.18. The van der Waals surface area contributed by atoms with E-state index in [1.165, 1.54) is 31.5 Å². The van der Waals surface area contributed by atoms with Crippen LogP contribution in [0.1, 0.15) is 41.6 Å². The third kappa shape index (κ3) is 5.05. The minimum atomic E-state index is 0.151. The number of aromatic amines is 1. The average Bonchev–Trinajstić information content (AvgIpc) is 3.73. The predicted molar refractivity (Wildman–Crippen MR) is 154 cm³/mol. The molecule has 10 nitrogen and oxygen atoms in total. The highest BCUT2D eigenvalue weighted by Gasteiger charge is 2.26. The SMILES string of the molecule is Cc1c(NCCN2CCCC2)cc(C(=O)N2CCCC2)cc1N1CCN(c2ncnc3[nH]nc(Br)c23)CC1. The van der Waals surface area contributed by atoms with Crippen LogP contribution >= 0.6 is 15.9 Å². The Hall–Kier alpha value is -2.92. The lowest BCUT2D eigenvalue weighted by atomic mass is 10.0. The van der Waals surface area contributed by atoms with Crippen LogP contribution in [0.15, 0.2) is 23.1 Å². The molecule has 3 saturated heterocycles. The van der Waals surface area contributed by atoms with Gasteiger partial charge in [0.25, 0.3) is 5.91 Å². The van der Waals surface area contributed by atoms with Crippen molar-refractivity contribution in [1.29, 1.82) is 0 Å². The number of hydrogen-bond donors (Lipinski definition) is 2. The van der Waals surface area contributed by atoms with Gasteiger partial charge < -0.3 is 24.9 Å². The fraction of sp³-hybridized carbons (Fsp3) is 0.556. The number of fused-ring (bicyclic) bond motifs is 1. The molecule has 2 N–H and O–H groups in total. The van der Waals surface area contributed by atoms with Crippen molar-refractivity contribution in [3.63, 3.8) is 0 Å². The van der Waals surface area contributed by atoms with Gasteiger partial charge in [0.1, 0.15) is 16.7 Å². The largest absolute Gasteiger partial charge is 0.383 e. The summed E-state index contributed by atoms with van der Waals surface area (Å²) in [5.41, 5.74) is 4.96. The molecule has 6 rings (SSSR count). The second kappa shape index (κ2) is 11.1. The van der Waals surface area contributed by atoms with E-state index in [0.717, 1.165) is 104 Å². The Bertz CT molecular complexity index is 1290. The first kappa shape index (κ1) is 25.4. The van der Waals surface area contributed by atoms with Crippen LogP contribution in [0, 0.1) is 6.92 Å². The summed E-state index contributed by atoms with van der Waals surface area (Å²) < 4.78 is 0.735. The second-order valence-corrected chi connectivity index (χ2v) is 11.3. The van der Waals surface area contributed by atoms with Gasteiger partial charge in [-0.25, -0.2) is 9.97 Å². The molecule has 202 valence electrons. The Kier molecular flexibility index (Phi) is 7.38. The van der Waals surface area contributed by atoms with Crippen molar-refractivity contribution in [2.75, 3.05) is 80.6 Å². The van der Waals surface area contributed by atoms with Crippen molar-refractivity contribution in [2.24, 2.45) is 0 Å². The van der Waals surface area contributed by atoms with Crippen LogP contribution < -0.4 is 15.1 Å². The summed E-state index contributed by atoms with van der Waals surface area (Å²) in [7, 11) is 0. The molecule has 3 aliphatic rings. The molecule has 3 fully saturated rings. The fourth-order valence-corrected chi connectivity index (χ4v) is 6.45. The molecule has 3 aromatic rings. The van der Waals surface area contributed by atoms with Gasteiger partial charge in [-0.1, -0.05) is 0 Å². The van der Waals surface area contributed by atoms with Gasteiger partial charge in [0, 0.05) is 69.3 Å². The summed E-state index contributed by atoms with van der Waals surface area (Å²) >= 11 is 3.54. The molecule has 1 amide bonds. The standard InChI is InChI=1S/C27H36BrN9O/c1-19-21(29-6-11-34-7-2-3-8-34)16-20(27(38)37-9-4-5-10-37)17-22(19)35-12-14-36(15-13-35)26-23-24(28)32-33-25(23)30-18-31-26/h16-18,29H,2-15H2,1H3,(H,30,31,32,33). The van der Waals surface area contributed by atoms with E-state index in [2.05, 4.69) is 75.2 Å². The minimum absolute atomic E-state index is 0.151. The number of carbonyl (C=O) groups is 1. The van der Waals surface area contributed by atoms with Crippen molar-refractivity contribution in [2.45, 2.75) is 32.6 Å². The number of amides is 1. The van der Waals surface area contributed by atoms with Crippen molar-refractivity contribution >= 4 is 50.1 Å². The summed E-state index contributed by atoms with van der Waals surface area (Å²) in [5.74, 6) is 1.05. The Morgan fingerprint density at radius 3 is 2.45 bits per heavy atom. The predicted octanol–water partition coefficient (Wildman–Crippen LogP) is 3.49. The first-order valence-corrected chi connectivity index (χ1v) is 14.6. The van der Waals surface area contributed by atoms with Gasteiger partial charge in [-0.05, 0) is 79.3 Å². The number of hydrogen-bond acceptors (Lipinski definition) is 8. The highest BCUT2D eigenvalue weighted by atomic mass is 79.9. The Balaban J connectivity index is 1.22. The molecule has 0 radical (unpaired) electrons. The smallest absolute Gasteiger partial charge is 0.254 e. The normalized spacial score (nSPS) is 18.6. The van der Waals surface area contributed by atoms with E-state index in [4.69, 9.17) is 0 Å². The number of H-pyrrole nitrogens is 1. The van der Waals surface area contributed by atoms with E-state index >= 15 is 0 Å². The molecule has 0 spiro atoms. The molecule has 0 unspecified atom stereocenters. The Labute approximate surface area is 231 Å². The zero-order valence-corrected chi connectivity index (χ0v) is 23.6. The summed E-state index contributed by atoms with van der Waals surface area (Å²) in [6.45, 7) is 11.5. The fourth-order valence-electron chi connectivity index (χ4n) is 6.00. The van der Waals surface area contributed by atoms with Crippen LogP contribution in [-0.2, 0) is 0 Å². The van der Waals surface area contributed by atoms with Crippen LogP contribution in [0.4, 0.5) is 17.2 Å². The van der Waals surface area contributed by atoms with E-state index < -0.39 is 0 Å². The summed E-state index contributed by atoms with van der Waals surface area (Å²) in [6, 6.07) is 4.20. The number of benzene rings is 1. The average molecular weight is 583 g/mol. The van der Waals surface area contributed by atoms with Crippen LogP contribution in [0.3, 0.4) is 0 Å². The van der Waals surface area contributed by atoms with Crippen molar-refractivity contribution in [3.05, 3.63) is 34.2 Å². The topological polar surface area (TPSA) is 96.5 Å². The number of likely N-dealkylation sites (tertiary alicyclic amines) is 2. The van der Waals surface area contributed by atoms with E-state index in [0.29, 0.717) is 0 Å². The highest BCUT2D eigenvalue weighted by Crippen LogP contribution is 2.33. The maximum Gasteiger partial charge on any atom is 0.254 e. The first-order valence-electron chi connectivity index (χ1n) is 13.8. The number of halogens is 1. The van der Waals surface area contributed by atoms with Crippen LogP contribution in [0.5, 0.6) is 0 Å². The Morgan fingerprint density at radius 1 is 0.974 bits per heavy atom. The number of nitrogens with one attached hydrogen (secondary N) is 2. The van der Waals surface area contributed by atoms with E-state index in [9.17, 15) is 4.79 Å². The van der Waals surface area contributed by atoms with E-state index in [1.54, 1.807) is 6.33 Å². The molecule has 2 aromatic heterocycles. The lowest BCUT2D eigenvalue weighted by molar-refractivity contribution is 0.0793. The van der Waals surface area contributed by atoms with Gasteiger partial charge in [0.05, 0.1) is 5.39 Å². The van der Waals surface area contributed by atoms with Crippen molar-refractivity contribution in [3.8, 4) is 0 Å². The van der Waals surface area contributed by atoms with Crippen LogP contribution in [0.25, 0.3) is 11.0 Å². The van der Waals surface area contributed by atoms with Crippen molar-refractivity contribution < 1.29 is 4.79 Å². The monoisotopic (exact) mass is 581 g/mol. The molecule has 1 aromatic carbocycles. The molecular formula is C27H36BrN9O. The lowest BCUT2D eigenvalue weighted by Crippen LogP contribution is -2.47. The van der Waals surface area contributed by atoms with Crippen molar-refractivity contribution in [1.82, 2.24) is 30.0 Å². The summed E-state index contributed by atoms with van der Waals surface area (Å²) in [4.78, 5) is 31.6. The van der Waals surface area contributed by atoms with Gasteiger partial charge in [-0.3, -0.25) is 9.89 Å². The number of carbonyl (C=O) groups excluding carboxylic acids is 1. The van der Waals surface area contributed by atoms with Gasteiger partial charge in [0.2, 0.25) is 0 Å². The molecule has 0 atom stereocenters. The lowest BCUT2D eigenvalue weighted by Gasteiger charge is -2.38. The molecule has 0 bridgehead atoms. The molecule has 5 heterocycles. The molecule has 3 aliphatic heterocycles. The van der Waals surface area contributed by atoms with Gasteiger partial charge in [-0.15, -0.1) is 0 Å². The number of anilines is 3. The minimum Gasteiger partial charge on any atom is -0.383 e. The van der Waals surface area contributed by atoms with E-state index in [1.807, 2.05) is 4.90 Å². The zero-order valence-electron chi connectivity index (χ0n) is 22.0. The molecule has 38 heavy (non-hydrogen) atoms. The highest BCUT2D eigenvalue weighted by molar-refractivity contribution is 9.10. The van der Waals surface area contributed by atoms with E-state index in [-0.39, 0.29) is 5.91 Å². The van der Waals surface area contributed by atoms with Gasteiger partial charge in [0.15, 0.2) is 5.65 Å². The maximum absolute atomic E-state index is 13.4. The number of nitrogens with zero attached hydrogens (tertiary/aromatic N) is 7. The second-order valence-electron chi connectivity index (χ2n) is 10.6. The first-order chi connectivity index (χ1) is 18.6. The van der Waals surface area contributed by atoms with Crippen LogP contribution in [0.2, 0.25) is 0 Å². The van der Waals surface area contributed by atoms with Gasteiger partial charge >= 0.3 is 0 Å². The molecule has 0 aliphatic carbocycles. The Morgan fingerprint density at radius 2 is 1.68 bits per heavy atom. The quantitative estimate of drug-likeness (QED) is 0.437. The molecular weight excluding hydrogens is 546 g/mol. The number of aromatic nitrogens is 4. The summed E-state index contributed by atoms with van der Waals surface area (Å²) in [5, 5.41) is 11.8. The zero-order chi connectivity index (χ0) is 26.1. The summed E-state index contributed by atoms with van der Waals surface area (Å²) in [6.07, 6.45) is 6.37. The maximum atomic E-state index is 13.4. The van der Waals surface area contributed by atoms with Crippen LogP contribution in [-0.4, -0.2) is 101 Å².